The van der Waals surface area contributed by atoms with Gasteiger partial charge >= 0.3 is 18.2 Å². The number of amides is 2. The van der Waals surface area contributed by atoms with Crippen molar-refractivity contribution in [2.45, 2.75) is 38.8 Å². The van der Waals surface area contributed by atoms with Crippen LogP contribution in [0.2, 0.25) is 0 Å². The van der Waals surface area contributed by atoms with Gasteiger partial charge in [-0.05, 0) is 20.8 Å². The van der Waals surface area contributed by atoms with Gasteiger partial charge in [0, 0.05) is 6.42 Å². The van der Waals surface area contributed by atoms with Crippen LogP contribution in [-0.2, 0) is 14.3 Å². The molecule has 0 spiro atoms. The summed E-state index contributed by atoms with van der Waals surface area (Å²) < 4.78 is 9.31. The summed E-state index contributed by atoms with van der Waals surface area (Å²) in [7, 11) is 0. The minimum atomic E-state index is -1.10. The van der Waals surface area contributed by atoms with Gasteiger partial charge in [-0.1, -0.05) is 0 Å². The first-order valence-electron chi connectivity index (χ1n) is 4.97. The molecular formula is C11H13NO5. The van der Waals surface area contributed by atoms with Crippen molar-refractivity contribution < 1.29 is 23.9 Å². The standard InChI is InChI=1S/C11H13NO5/c1-5-6-7-8(13)16-9(14)12(7)10(15)17-11(2,3)4/h1,7H,6H2,2-4H3. The fourth-order valence-electron chi connectivity index (χ4n) is 1.24. The second-order valence-electron chi connectivity index (χ2n) is 4.46. The molecule has 0 aliphatic carbocycles. The van der Waals surface area contributed by atoms with E-state index in [2.05, 4.69) is 10.7 Å². The number of cyclic esters (lactones) is 2. The Kier molecular flexibility index (Phi) is 3.42. The molecule has 0 aromatic rings. The second-order valence-corrected chi connectivity index (χ2v) is 4.46. The van der Waals surface area contributed by atoms with Crippen LogP contribution in [-0.4, -0.2) is 34.7 Å². The van der Waals surface area contributed by atoms with Crippen LogP contribution in [0.4, 0.5) is 9.59 Å². The first kappa shape index (κ1) is 13.0. The van der Waals surface area contributed by atoms with E-state index in [9.17, 15) is 14.4 Å². The van der Waals surface area contributed by atoms with Crippen molar-refractivity contribution in [3.8, 4) is 12.3 Å². The van der Waals surface area contributed by atoms with Gasteiger partial charge < -0.3 is 9.47 Å². The quantitative estimate of drug-likeness (QED) is 0.391. The van der Waals surface area contributed by atoms with Gasteiger partial charge in [-0.15, -0.1) is 12.3 Å². The number of terminal acetylenes is 1. The summed E-state index contributed by atoms with van der Waals surface area (Å²) in [6.45, 7) is 4.93. The van der Waals surface area contributed by atoms with E-state index in [1.807, 2.05) is 0 Å². The molecule has 92 valence electrons. The Bertz CT molecular complexity index is 401. The molecule has 0 saturated carbocycles. The Hall–Kier alpha value is -2.03. The summed E-state index contributed by atoms with van der Waals surface area (Å²) in [6.07, 6.45) is 2.98. The molecule has 1 aliphatic rings. The third kappa shape index (κ3) is 2.97. The lowest BCUT2D eigenvalue weighted by Crippen LogP contribution is -2.43. The highest BCUT2D eigenvalue weighted by atomic mass is 16.6. The molecular weight excluding hydrogens is 226 g/mol. The monoisotopic (exact) mass is 239 g/mol. The fourth-order valence-corrected chi connectivity index (χ4v) is 1.24. The zero-order valence-corrected chi connectivity index (χ0v) is 9.85. The van der Waals surface area contributed by atoms with Gasteiger partial charge in [0.15, 0.2) is 6.04 Å². The Labute approximate surface area is 98.9 Å². The van der Waals surface area contributed by atoms with Crippen LogP contribution in [0.1, 0.15) is 27.2 Å². The molecule has 1 fully saturated rings. The van der Waals surface area contributed by atoms with Crippen LogP contribution in [0.25, 0.3) is 0 Å². The second kappa shape index (κ2) is 4.45. The number of hydrogen-bond donors (Lipinski definition) is 0. The molecule has 0 aromatic carbocycles. The highest BCUT2D eigenvalue weighted by molar-refractivity contribution is 6.04. The predicted octanol–water partition coefficient (Wildman–Crippen LogP) is 1.29. The van der Waals surface area contributed by atoms with E-state index in [-0.39, 0.29) is 6.42 Å². The van der Waals surface area contributed by atoms with Gasteiger partial charge in [0.2, 0.25) is 0 Å². The molecule has 1 rings (SSSR count). The SMILES string of the molecule is C#CCC1C(=O)OC(=O)N1C(=O)OC(C)(C)C. The molecule has 1 unspecified atom stereocenters. The van der Waals surface area contributed by atoms with Crippen molar-refractivity contribution in [2.24, 2.45) is 0 Å². The zero-order valence-electron chi connectivity index (χ0n) is 9.85. The van der Waals surface area contributed by atoms with Crippen molar-refractivity contribution in [1.82, 2.24) is 4.90 Å². The lowest BCUT2D eigenvalue weighted by atomic mass is 10.2. The minimum Gasteiger partial charge on any atom is -0.443 e. The Morgan fingerprint density at radius 3 is 2.59 bits per heavy atom. The Balaban J connectivity index is 2.87. The van der Waals surface area contributed by atoms with Gasteiger partial charge in [0.1, 0.15) is 5.60 Å². The van der Waals surface area contributed by atoms with E-state index in [0.29, 0.717) is 4.90 Å². The van der Waals surface area contributed by atoms with Gasteiger partial charge in [0.05, 0.1) is 0 Å². The van der Waals surface area contributed by atoms with E-state index < -0.39 is 29.8 Å². The Morgan fingerprint density at radius 1 is 1.53 bits per heavy atom. The third-order valence-corrected chi connectivity index (χ3v) is 1.87. The lowest BCUT2D eigenvalue weighted by Gasteiger charge is -2.23. The molecule has 0 aromatic heterocycles. The van der Waals surface area contributed by atoms with Crippen LogP contribution in [0.15, 0.2) is 0 Å². The number of hydrogen-bond acceptors (Lipinski definition) is 5. The molecule has 0 N–H and O–H groups in total. The maximum atomic E-state index is 11.7. The molecule has 1 atom stereocenters. The van der Waals surface area contributed by atoms with Crippen LogP contribution in [0, 0.1) is 12.3 Å². The third-order valence-electron chi connectivity index (χ3n) is 1.87. The van der Waals surface area contributed by atoms with Crippen molar-refractivity contribution in [3.05, 3.63) is 0 Å². The van der Waals surface area contributed by atoms with Crippen molar-refractivity contribution in [3.63, 3.8) is 0 Å². The number of rotatable bonds is 1. The number of imide groups is 1. The average Bonchev–Trinajstić information content (AvgIpc) is 2.39. The molecule has 6 nitrogen and oxygen atoms in total. The number of nitrogens with zero attached hydrogens (tertiary/aromatic N) is 1. The first-order valence-corrected chi connectivity index (χ1v) is 4.97. The van der Waals surface area contributed by atoms with E-state index in [1.165, 1.54) is 0 Å². The van der Waals surface area contributed by atoms with Crippen LogP contribution in [0.5, 0.6) is 0 Å². The summed E-state index contributed by atoms with van der Waals surface area (Å²) in [6, 6.07) is -1.10. The van der Waals surface area contributed by atoms with E-state index >= 15 is 0 Å². The molecule has 1 aliphatic heterocycles. The summed E-state index contributed by atoms with van der Waals surface area (Å²) in [5.74, 6) is 1.37. The first-order chi connectivity index (χ1) is 7.76. The maximum absolute atomic E-state index is 11.7. The normalized spacial score (nSPS) is 19.9. The van der Waals surface area contributed by atoms with Gasteiger partial charge in [-0.2, -0.15) is 4.90 Å². The number of ether oxygens (including phenoxy) is 2. The van der Waals surface area contributed by atoms with E-state index in [1.54, 1.807) is 20.8 Å². The van der Waals surface area contributed by atoms with E-state index in [0.717, 1.165) is 0 Å². The summed E-state index contributed by atoms with van der Waals surface area (Å²) >= 11 is 0. The average molecular weight is 239 g/mol. The summed E-state index contributed by atoms with van der Waals surface area (Å²) in [4.78, 5) is 34.9. The van der Waals surface area contributed by atoms with E-state index in [4.69, 9.17) is 11.2 Å². The van der Waals surface area contributed by atoms with Gasteiger partial charge in [0.25, 0.3) is 0 Å². The smallest absolute Gasteiger partial charge is 0.427 e. The minimum absolute atomic E-state index is 0.0934. The highest BCUT2D eigenvalue weighted by Gasteiger charge is 2.46. The molecule has 1 heterocycles. The Morgan fingerprint density at radius 2 is 2.12 bits per heavy atom. The molecule has 6 heteroatoms. The lowest BCUT2D eigenvalue weighted by molar-refractivity contribution is -0.135. The van der Waals surface area contributed by atoms with Gasteiger partial charge in [-0.25, -0.2) is 14.4 Å². The maximum Gasteiger partial charge on any atom is 0.427 e. The fraction of sp³-hybridized carbons (Fsp3) is 0.545. The van der Waals surface area contributed by atoms with Crippen LogP contribution in [0.3, 0.4) is 0 Å². The summed E-state index contributed by atoms with van der Waals surface area (Å²) in [5, 5.41) is 0. The zero-order chi connectivity index (χ0) is 13.2. The molecule has 0 bridgehead atoms. The van der Waals surface area contributed by atoms with Gasteiger partial charge in [-0.3, -0.25) is 0 Å². The number of esters is 1. The molecule has 17 heavy (non-hydrogen) atoms. The number of carbonyl (C=O) groups is 3. The summed E-state index contributed by atoms with van der Waals surface area (Å²) in [5.41, 5.74) is -0.774. The van der Waals surface area contributed by atoms with Crippen LogP contribution < -0.4 is 0 Å². The van der Waals surface area contributed by atoms with Crippen molar-refractivity contribution in [2.75, 3.05) is 0 Å². The largest absolute Gasteiger partial charge is 0.443 e. The molecule has 1 saturated heterocycles. The van der Waals surface area contributed by atoms with Crippen molar-refractivity contribution >= 4 is 18.2 Å². The highest BCUT2D eigenvalue weighted by Crippen LogP contribution is 2.20. The van der Waals surface area contributed by atoms with Crippen molar-refractivity contribution in [1.29, 1.82) is 0 Å². The molecule has 0 radical (unpaired) electrons. The van der Waals surface area contributed by atoms with Crippen LogP contribution >= 0.6 is 0 Å². The number of carbonyl (C=O) groups excluding carboxylic acids is 3. The predicted molar refractivity (Wildman–Crippen MR) is 56.8 cm³/mol. The topological polar surface area (TPSA) is 72.9 Å². The molecule has 2 amide bonds.